The van der Waals surface area contributed by atoms with Gasteiger partial charge in [-0.3, -0.25) is 9.78 Å². The van der Waals surface area contributed by atoms with E-state index in [-0.39, 0.29) is 5.91 Å². The van der Waals surface area contributed by atoms with Crippen LogP contribution in [0.25, 0.3) is 0 Å². The van der Waals surface area contributed by atoms with Crippen LogP contribution in [0.4, 0.5) is 0 Å². The van der Waals surface area contributed by atoms with E-state index in [4.69, 9.17) is 9.47 Å². The molecule has 1 aromatic heterocycles. The van der Waals surface area contributed by atoms with Crippen LogP contribution >= 0.6 is 0 Å². The van der Waals surface area contributed by atoms with Gasteiger partial charge >= 0.3 is 0 Å². The molecule has 1 aromatic carbocycles. The third kappa shape index (κ3) is 4.80. The number of ether oxygens (including phenoxy) is 2. The fraction of sp³-hybridized carbons (Fsp3) is 0.250. The first kappa shape index (κ1) is 14.8. The molecule has 0 bridgehead atoms. The predicted octanol–water partition coefficient (Wildman–Crippen LogP) is 2.29. The van der Waals surface area contributed by atoms with Crippen molar-refractivity contribution in [2.75, 3.05) is 19.8 Å². The number of rotatable bonds is 7. The van der Waals surface area contributed by atoms with E-state index in [1.807, 2.05) is 31.2 Å². The second kappa shape index (κ2) is 7.89. The van der Waals surface area contributed by atoms with Gasteiger partial charge in [-0.05, 0) is 43.3 Å². The smallest absolute Gasteiger partial charge is 0.269 e. The second-order valence-electron chi connectivity index (χ2n) is 4.22. The normalized spacial score (nSPS) is 9.95. The lowest BCUT2D eigenvalue weighted by atomic mass is 10.3. The van der Waals surface area contributed by atoms with Crippen molar-refractivity contribution in [3.8, 4) is 11.5 Å². The van der Waals surface area contributed by atoms with Crippen molar-refractivity contribution in [2.45, 2.75) is 6.92 Å². The van der Waals surface area contributed by atoms with Gasteiger partial charge in [0.05, 0.1) is 13.2 Å². The first-order valence-corrected chi connectivity index (χ1v) is 6.84. The van der Waals surface area contributed by atoms with Crippen molar-refractivity contribution < 1.29 is 14.3 Å². The van der Waals surface area contributed by atoms with Crippen molar-refractivity contribution in [2.24, 2.45) is 0 Å². The highest BCUT2D eigenvalue weighted by atomic mass is 16.5. The fourth-order valence-electron chi connectivity index (χ4n) is 1.72. The lowest BCUT2D eigenvalue weighted by Crippen LogP contribution is -2.28. The van der Waals surface area contributed by atoms with Crippen LogP contribution in [0.3, 0.4) is 0 Å². The maximum absolute atomic E-state index is 11.7. The lowest BCUT2D eigenvalue weighted by molar-refractivity contribution is 0.0942. The Balaban J connectivity index is 1.71. The number of hydrogen-bond acceptors (Lipinski definition) is 4. The Hall–Kier alpha value is -2.56. The standard InChI is InChI=1S/C16H18N2O3/c1-2-20-13-6-8-14(9-7-13)21-12-11-18-16(19)15-5-3-4-10-17-15/h3-10H,2,11-12H2,1H3,(H,18,19). The average Bonchev–Trinajstić information content (AvgIpc) is 2.54. The molecule has 0 aliphatic rings. The van der Waals surface area contributed by atoms with Gasteiger partial charge in [-0.25, -0.2) is 0 Å². The Morgan fingerprint density at radius 3 is 2.43 bits per heavy atom. The van der Waals surface area contributed by atoms with Crippen LogP contribution in [0, 0.1) is 0 Å². The summed E-state index contributed by atoms with van der Waals surface area (Å²) in [4.78, 5) is 15.7. The number of hydrogen-bond donors (Lipinski definition) is 1. The topological polar surface area (TPSA) is 60.5 Å². The molecular formula is C16H18N2O3. The number of nitrogens with one attached hydrogen (secondary N) is 1. The van der Waals surface area contributed by atoms with E-state index in [9.17, 15) is 4.79 Å². The van der Waals surface area contributed by atoms with E-state index in [0.717, 1.165) is 11.5 Å². The van der Waals surface area contributed by atoms with Crippen molar-refractivity contribution in [1.29, 1.82) is 0 Å². The molecule has 0 unspecified atom stereocenters. The van der Waals surface area contributed by atoms with Crippen LogP contribution in [-0.4, -0.2) is 30.6 Å². The zero-order valence-corrected chi connectivity index (χ0v) is 11.9. The summed E-state index contributed by atoms with van der Waals surface area (Å²) in [7, 11) is 0. The largest absolute Gasteiger partial charge is 0.494 e. The summed E-state index contributed by atoms with van der Waals surface area (Å²) < 4.78 is 10.9. The molecule has 0 atom stereocenters. The van der Waals surface area contributed by atoms with E-state index in [1.165, 1.54) is 0 Å². The number of carbonyl (C=O) groups is 1. The number of aromatic nitrogens is 1. The van der Waals surface area contributed by atoms with Gasteiger partial charge in [-0.15, -0.1) is 0 Å². The van der Waals surface area contributed by atoms with Crippen LogP contribution in [-0.2, 0) is 0 Å². The molecule has 2 aromatic rings. The molecule has 0 aliphatic carbocycles. The maximum Gasteiger partial charge on any atom is 0.269 e. The molecule has 2 rings (SSSR count). The molecular weight excluding hydrogens is 268 g/mol. The molecule has 110 valence electrons. The predicted molar refractivity (Wildman–Crippen MR) is 79.7 cm³/mol. The van der Waals surface area contributed by atoms with E-state index in [0.29, 0.717) is 25.5 Å². The summed E-state index contributed by atoms with van der Waals surface area (Å²) in [6.07, 6.45) is 1.59. The summed E-state index contributed by atoms with van der Waals surface area (Å²) >= 11 is 0. The fourth-order valence-corrected chi connectivity index (χ4v) is 1.72. The van der Waals surface area contributed by atoms with Crippen LogP contribution < -0.4 is 14.8 Å². The van der Waals surface area contributed by atoms with E-state index < -0.39 is 0 Å². The van der Waals surface area contributed by atoms with Gasteiger partial charge in [0.2, 0.25) is 0 Å². The van der Waals surface area contributed by atoms with Gasteiger partial charge in [0.1, 0.15) is 23.8 Å². The molecule has 21 heavy (non-hydrogen) atoms. The molecule has 1 heterocycles. The van der Waals surface area contributed by atoms with Gasteiger partial charge in [0, 0.05) is 6.20 Å². The highest BCUT2D eigenvalue weighted by molar-refractivity contribution is 5.92. The number of benzene rings is 1. The quantitative estimate of drug-likeness (QED) is 0.793. The molecule has 0 saturated carbocycles. The Kier molecular flexibility index (Phi) is 5.58. The maximum atomic E-state index is 11.7. The third-order valence-corrected chi connectivity index (χ3v) is 2.69. The van der Waals surface area contributed by atoms with Crippen molar-refractivity contribution in [1.82, 2.24) is 10.3 Å². The monoisotopic (exact) mass is 286 g/mol. The minimum atomic E-state index is -0.203. The van der Waals surface area contributed by atoms with Crippen molar-refractivity contribution >= 4 is 5.91 Å². The first-order chi connectivity index (χ1) is 10.3. The van der Waals surface area contributed by atoms with E-state index >= 15 is 0 Å². The second-order valence-corrected chi connectivity index (χ2v) is 4.22. The zero-order chi connectivity index (χ0) is 14.9. The minimum absolute atomic E-state index is 0.203. The zero-order valence-electron chi connectivity index (χ0n) is 11.9. The summed E-state index contributed by atoms with van der Waals surface area (Å²) in [5, 5.41) is 2.75. The number of carbonyl (C=O) groups excluding carboxylic acids is 1. The Morgan fingerprint density at radius 2 is 1.81 bits per heavy atom. The Labute approximate surface area is 123 Å². The molecule has 5 nitrogen and oxygen atoms in total. The summed E-state index contributed by atoms with van der Waals surface area (Å²) in [6, 6.07) is 12.6. The molecule has 5 heteroatoms. The first-order valence-electron chi connectivity index (χ1n) is 6.84. The molecule has 0 fully saturated rings. The van der Waals surface area contributed by atoms with Crippen LogP contribution in [0.2, 0.25) is 0 Å². The summed E-state index contributed by atoms with van der Waals surface area (Å²) in [5.41, 5.74) is 0.401. The van der Waals surface area contributed by atoms with Crippen LogP contribution in [0.1, 0.15) is 17.4 Å². The van der Waals surface area contributed by atoms with Crippen molar-refractivity contribution in [3.05, 3.63) is 54.4 Å². The van der Waals surface area contributed by atoms with E-state index in [2.05, 4.69) is 10.3 Å². The highest BCUT2D eigenvalue weighted by Gasteiger charge is 2.04. The Morgan fingerprint density at radius 1 is 1.10 bits per heavy atom. The molecule has 1 amide bonds. The third-order valence-electron chi connectivity index (χ3n) is 2.69. The van der Waals surface area contributed by atoms with Gasteiger partial charge in [-0.1, -0.05) is 6.07 Å². The number of pyridine rings is 1. The molecule has 0 saturated heterocycles. The van der Waals surface area contributed by atoms with E-state index in [1.54, 1.807) is 24.4 Å². The molecule has 0 aliphatic heterocycles. The molecule has 0 radical (unpaired) electrons. The van der Waals surface area contributed by atoms with Crippen LogP contribution in [0.5, 0.6) is 11.5 Å². The molecule has 0 spiro atoms. The summed E-state index contributed by atoms with van der Waals surface area (Å²) in [6.45, 7) is 3.39. The Bertz CT molecular complexity index is 555. The summed E-state index contributed by atoms with van der Waals surface area (Å²) in [5.74, 6) is 1.35. The molecule has 1 N–H and O–H groups in total. The number of nitrogens with zero attached hydrogens (tertiary/aromatic N) is 1. The lowest BCUT2D eigenvalue weighted by Gasteiger charge is -2.08. The minimum Gasteiger partial charge on any atom is -0.494 e. The SMILES string of the molecule is CCOc1ccc(OCCNC(=O)c2ccccn2)cc1. The average molecular weight is 286 g/mol. The number of amides is 1. The van der Waals surface area contributed by atoms with Gasteiger partial charge in [-0.2, -0.15) is 0 Å². The van der Waals surface area contributed by atoms with Gasteiger partial charge in [0.15, 0.2) is 0 Å². The van der Waals surface area contributed by atoms with Crippen molar-refractivity contribution in [3.63, 3.8) is 0 Å². The van der Waals surface area contributed by atoms with Crippen LogP contribution in [0.15, 0.2) is 48.7 Å². The highest BCUT2D eigenvalue weighted by Crippen LogP contribution is 2.17. The van der Waals surface area contributed by atoms with Gasteiger partial charge < -0.3 is 14.8 Å². The van der Waals surface area contributed by atoms with Gasteiger partial charge in [0.25, 0.3) is 5.91 Å².